The lowest BCUT2D eigenvalue weighted by molar-refractivity contribution is 0.0992. The summed E-state index contributed by atoms with van der Waals surface area (Å²) in [6, 6.07) is 15.2. The average Bonchev–Trinajstić information content (AvgIpc) is 3.05. The number of furan rings is 1. The van der Waals surface area contributed by atoms with Gasteiger partial charge >= 0.3 is 0 Å². The number of amides is 1. The Labute approximate surface area is 159 Å². The highest BCUT2D eigenvalue weighted by molar-refractivity contribution is 6.40. The minimum atomic E-state index is -0.455. The molecule has 3 rings (SSSR count). The van der Waals surface area contributed by atoms with E-state index in [0.717, 1.165) is 0 Å². The largest absolute Gasteiger partial charge is 0.486 e. The minimum Gasteiger partial charge on any atom is -0.486 e. The zero-order valence-electron chi connectivity index (χ0n) is 12.8. The highest BCUT2D eigenvalue weighted by atomic mass is 35.5. The molecule has 0 radical (unpaired) electrons. The molecule has 0 fully saturated rings. The number of ether oxygens (including phenoxy) is 1. The fraction of sp³-hybridized carbons (Fsp3) is 0.0556. The molecule has 0 aliphatic carbocycles. The predicted molar refractivity (Wildman–Crippen MR) is 98.9 cm³/mol. The van der Waals surface area contributed by atoms with Crippen LogP contribution in [0.1, 0.15) is 16.3 Å². The Bertz CT molecular complexity index is 888. The van der Waals surface area contributed by atoms with Gasteiger partial charge in [0.2, 0.25) is 0 Å². The summed E-state index contributed by atoms with van der Waals surface area (Å²) in [7, 11) is 0. The molecular weight excluding hydrogens is 385 g/mol. The summed E-state index contributed by atoms with van der Waals surface area (Å²) in [6.45, 7) is 0.167. The van der Waals surface area contributed by atoms with Crippen molar-refractivity contribution >= 4 is 46.4 Å². The topological polar surface area (TPSA) is 51.5 Å². The lowest BCUT2D eigenvalue weighted by Gasteiger charge is -2.07. The molecule has 0 unspecified atom stereocenters. The third-order valence-corrected chi connectivity index (χ3v) is 4.13. The van der Waals surface area contributed by atoms with Gasteiger partial charge in [-0.05, 0) is 42.5 Å². The molecule has 128 valence electrons. The van der Waals surface area contributed by atoms with Crippen LogP contribution in [-0.2, 0) is 6.61 Å². The molecule has 1 amide bonds. The van der Waals surface area contributed by atoms with Crippen LogP contribution in [0, 0.1) is 0 Å². The molecule has 4 nitrogen and oxygen atoms in total. The van der Waals surface area contributed by atoms with Crippen molar-refractivity contribution in [1.29, 1.82) is 0 Å². The molecule has 0 saturated heterocycles. The van der Waals surface area contributed by atoms with Gasteiger partial charge in [0.05, 0.1) is 15.7 Å². The summed E-state index contributed by atoms with van der Waals surface area (Å²) in [5.41, 5.74) is 0.337. The van der Waals surface area contributed by atoms with Crippen LogP contribution >= 0.6 is 34.8 Å². The van der Waals surface area contributed by atoms with Crippen molar-refractivity contribution < 1.29 is 13.9 Å². The van der Waals surface area contributed by atoms with E-state index in [1.54, 1.807) is 54.6 Å². The number of halogens is 3. The molecule has 1 heterocycles. The molecule has 0 bridgehead atoms. The van der Waals surface area contributed by atoms with E-state index in [1.165, 1.54) is 0 Å². The van der Waals surface area contributed by atoms with Crippen LogP contribution < -0.4 is 10.1 Å². The fourth-order valence-corrected chi connectivity index (χ4v) is 2.75. The second kappa shape index (κ2) is 7.83. The molecule has 0 aliphatic rings. The van der Waals surface area contributed by atoms with E-state index in [-0.39, 0.29) is 12.4 Å². The highest BCUT2D eigenvalue weighted by Gasteiger charge is 2.15. The molecule has 0 atom stereocenters. The Hall–Kier alpha value is -2.14. The van der Waals surface area contributed by atoms with E-state index < -0.39 is 5.91 Å². The van der Waals surface area contributed by atoms with E-state index in [2.05, 4.69) is 5.32 Å². The number of carbonyl (C=O) groups excluding carboxylic acids is 1. The first kappa shape index (κ1) is 17.7. The Morgan fingerprint density at radius 2 is 1.72 bits per heavy atom. The van der Waals surface area contributed by atoms with Crippen LogP contribution in [0.25, 0.3) is 0 Å². The predicted octanol–water partition coefficient (Wildman–Crippen LogP) is 6.07. The highest BCUT2D eigenvalue weighted by Crippen LogP contribution is 2.30. The van der Waals surface area contributed by atoms with Gasteiger partial charge in [0.25, 0.3) is 5.91 Å². The van der Waals surface area contributed by atoms with Crippen LogP contribution in [0.4, 0.5) is 5.69 Å². The van der Waals surface area contributed by atoms with Gasteiger partial charge in [-0.15, -0.1) is 0 Å². The van der Waals surface area contributed by atoms with Crippen LogP contribution in [0.2, 0.25) is 15.1 Å². The number of para-hydroxylation sites is 1. The molecule has 0 saturated carbocycles. The maximum absolute atomic E-state index is 12.3. The van der Waals surface area contributed by atoms with Crippen LogP contribution in [-0.4, -0.2) is 5.91 Å². The van der Waals surface area contributed by atoms with Gasteiger partial charge in [-0.2, -0.15) is 0 Å². The van der Waals surface area contributed by atoms with Crippen molar-refractivity contribution in [2.75, 3.05) is 5.32 Å². The van der Waals surface area contributed by atoms with Gasteiger partial charge in [-0.3, -0.25) is 4.79 Å². The number of benzene rings is 2. The lowest BCUT2D eigenvalue weighted by atomic mass is 10.3. The van der Waals surface area contributed by atoms with Crippen LogP contribution in [0.15, 0.2) is 59.0 Å². The third kappa shape index (κ3) is 4.48. The van der Waals surface area contributed by atoms with Gasteiger partial charge in [0.15, 0.2) is 5.76 Å². The second-order valence-electron chi connectivity index (χ2n) is 5.06. The maximum atomic E-state index is 12.3. The third-order valence-electron chi connectivity index (χ3n) is 3.26. The van der Waals surface area contributed by atoms with Crippen LogP contribution in [0.5, 0.6) is 5.75 Å². The number of nitrogens with one attached hydrogen (secondary N) is 1. The second-order valence-corrected chi connectivity index (χ2v) is 6.31. The zero-order valence-corrected chi connectivity index (χ0v) is 15.0. The summed E-state index contributed by atoms with van der Waals surface area (Å²) in [6.07, 6.45) is 0. The Kier molecular flexibility index (Phi) is 5.53. The Morgan fingerprint density at radius 1 is 1.00 bits per heavy atom. The first-order valence-electron chi connectivity index (χ1n) is 7.25. The molecule has 0 aliphatic heterocycles. The van der Waals surface area contributed by atoms with Gasteiger partial charge in [-0.25, -0.2) is 0 Å². The quantitative estimate of drug-likeness (QED) is 0.569. The molecule has 1 aromatic heterocycles. The van der Waals surface area contributed by atoms with Crippen molar-refractivity contribution in [3.05, 3.63) is 81.2 Å². The summed E-state index contributed by atoms with van der Waals surface area (Å²) in [4.78, 5) is 12.3. The molecule has 1 N–H and O–H groups in total. The van der Waals surface area contributed by atoms with E-state index in [0.29, 0.717) is 32.3 Å². The van der Waals surface area contributed by atoms with Gasteiger partial charge in [-0.1, -0.05) is 46.9 Å². The van der Waals surface area contributed by atoms with Crippen molar-refractivity contribution in [2.45, 2.75) is 6.61 Å². The van der Waals surface area contributed by atoms with Crippen molar-refractivity contribution in [1.82, 2.24) is 0 Å². The van der Waals surface area contributed by atoms with Gasteiger partial charge in [0, 0.05) is 5.02 Å². The average molecular weight is 397 g/mol. The van der Waals surface area contributed by atoms with Crippen molar-refractivity contribution in [3.8, 4) is 5.75 Å². The molecule has 3 aromatic rings. The number of carbonyl (C=O) groups is 1. The van der Waals surface area contributed by atoms with E-state index in [4.69, 9.17) is 44.0 Å². The molecule has 25 heavy (non-hydrogen) atoms. The fourth-order valence-electron chi connectivity index (χ4n) is 2.08. The Morgan fingerprint density at radius 3 is 2.44 bits per heavy atom. The lowest BCUT2D eigenvalue weighted by Crippen LogP contribution is -2.11. The molecular formula is C18H12Cl3NO3. The summed E-state index contributed by atoms with van der Waals surface area (Å²) < 4.78 is 11.1. The normalized spacial score (nSPS) is 10.5. The van der Waals surface area contributed by atoms with Crippen molar-refractivity contribution in [2.24, 2.45) is 0 Å². The van der Waals surface area contributed by atoms with E-state index >= 15 is 0 Å². The standard InChI is InChI=1S/C18H12Cl3NO3/c19-11-3-1-4-12(9-11)24-10-13-7-8-16(25-13)18(23)22-17-14(20)5-2-6-15(17)21/h1-9H,10H2,(H,22,23). The minimum absolute atomic E-state index is 0.126. The first-order valence-corrected chi connectivity index (χ1v) is 8.39. The number of hydrogen-bond donors (Lipinski definition) is 1. The molecule has 7 heteroatoms. The van der Waals surface area contributed by atoms with Crippen LogP contribution in [0.3, 0.4) is 0 Å². The molecule has 2 aromatic carbocycles. The number of anilines is 1. The summed E-state index contributed by atoms with van der Waals surface area (Å²) in [5.74, 6) is 0.776. The van der Waals surface area contributed by atoms with Gasteiger partial charge in [0.1, 0.15) is 18.1 Å². The summed E-state index contributed by atoms with van der Waals surface area (Å²) in [5, 5.41) is 3.90. The van der Waals surface area contributed by atoms with E-state index in [1.807, 2.05) is 0 Å². The SMILES string of the molecule is O=C(Nc1c(Cl)cccc1Cl)c1ccc(COc2cccc(Cl)c2)o1. The molecule has 0 spiro atoms. The summed E-state index contributed by atoms with van der Waals surface area (Å²) >= 11 is 18.0. The number of rotatable bonds is 5. The Balaban J connectivity index is 1.65. The van der Waals surface area contributed by atoms with E-state index in [9.17, 15) is 4.79 Å². The zero-order chi connectivity index (χ0) is 17.8. The van der Waals surface area contributed by atoms with Crippen molar-refractivity contribution in [3.63, 3.8) is 0 Å². The number of hydrogen-bond acceptors (Lipinski definition) is 3. The maximum Gasteiger partial charge on any atom is 0.291 e. The first-order chi connectivity index (χ1) is 12.0. The monoisotopic (exact) mass is 395 g/mol. The van der Waals surface area contributed by atoms with Gasteiger partial charge < -0.3 is 14.5 Å². The smallest absolute Gasteiger partial charge is 0.291 e.